The molecule has 64 heavy (non-hydrogen) atoms. The molecule has 2 aliphatic rings. The molecule has 14 heteroatoms. The van der Waals surface area contributed by atoms with Crippen LogP contribution in [0.5, 0.6) is 0 Å². The number of fused-ring (bicyclic) bond motifs is 1. The molecule has 14 nitrogen and oxygen atoms in total. The zero-order valence-corrected chi connectivity index (χ0v) is 38.6. The van der Waals surface area contributed by atoms with Gasteiger partial charge in [-0.1, -0.05) is 119 Å². The lowest BCUT2D eigenvalue weighted by Gasteiger charge is -2.36. The van der Waals surface area contributed by atoms with Gasteiger partial charge in [-0.25, -0.2) is 0 Å². The van der Waals surface area contributed by atoms with Crippen molar-refractivity contribution in [2.75, 3.05) is 20.6 Å². The number of amides is 7. The monoisotopic (exact) mass is 878 g/mol. The van der Waals surface area contributed by atoms with Gasteiger partial charge in [0.05, 0.1) is 0 Å². The maximum atomic E-state index is 14.9. The third-order valence-electron chi connectivity index (χ3n) is 12.1. The minimum atomic E-state index is -1.57. The Morgan fingerprint density at radius 3 is 1.56 bits per heavy atom. The molecule has 2 saturated heterocycles. The van der Waals surface area contributed by atoms with Gasteiger partial charge in [-0.15, -0.1) is 0 Å². The minimum Gasteiger partial charge on any atom is -0.342 e. The quantitative estimate of drug-likeness (QED) is 0.240. The van der Waals surface area contributed by atoms with Crippen molar-refractivity contribution in [2.45, 2.75) is 128 Å². The van der Waals surface area contributed by atoms with E-state index in [2.05, 4.69) is 21.3 Å². The van der Waals surface area contributed by atoms with E-state index in [0.29, 0.717) is 12.8 Å². The normalized spacial score (nSPS) is 24.5. The first-order valence-corrected chi connectivity index (χ1v) is 22.6. The van der Waals surface area contributed by atoms with Crippen LogP contribution in [0.2, 0.25) is 0 Å². The van der Waals surface area contributed by atoms with Crippen LogP contribution in [0.15, 0.2) is 91.0 Å². The third kappa shape index (κ3) is 12.8. The van der Waals surface area contributed by atoms with Gasteiger partial charge in [0.2, 0.25) is 41.4 Å². The topological polar surface area (TPSA) is 177 Å². The highest BCUT2D eigenvalue weighted by Gasteiger charge is 2.44. The molecule has 344 valence electrons. The first-order chi connectivity index (χ1) is 30.4. The average molecular weight is 878 g/mol. The molecular formula is C50H67N7O7. The van der Waals surface area contributed by atoms with Crippen molar-refractivity contribution in [1.29, 1.82) is 0 Å². The van der Waals surface area contributed by atoms with Crippen molar-refractivity contribution in [1.82, 2.24) is 36.0 Å². The standard InChI is InChI=1S/C50H67N7O7/c1-32(2)27-38-47(62)57-26-18-25-40(57)48(63)56(8)41(28-33(3)4)45(60)54-50(5,6)49(64)53-39(30-35-21-14-10-15-22-35)46(61)55(7)42(31-36-23-16-11-17-24-36)44(59)51-37(43(58)52-38)29-34-19-12-9-13-20-34/h9-17,19-24,32-33,37-42H,18,25-31H2,1-8H3,(H,51,59)(H,52,58)(H,53,64)(H,54,60)/t37-,38-,39-,40-,41-,42-/m0/s1. The second-order valence-corrected chi connectivity index (χ2v) is 18.7. The molecule has 0 aromatic heterocycles. The van der Waals surface area contributed by atoms with Crippen molar-refractivity contribution in [3.63, 3.8) is 0 Å². The van der Waals surface area contributed by atoms with E-state index in [-0.39, 0.29) is 50.5 Å². The molecular weight excluding hydrogens is 811 g/mol. The Labute approximate surface area is 378 Å². The lowest BCUT2D eigenvalue weighted by Crippen LogP contribution is -2.63. The maximum absolute atomic E-state index is 14.9. The van der Waals surface area contributed by atoms with Crippen LogP contribution in [0.25, 0.3) is 0 Å². The van der Waals surface area contributed by atoms with Gasteiger partial charge in [-0.2, -0.15) is 0 Å². The van der Waals surface area contributed by atoms with Gasteiger partial charge in [0.15, 0.2) is 0 Å². The van der Waals surface area contributed by atoms with E-state index < -0.39 is 83.1 Å². The predicted molar refractivity (Wildman–Crippen MR) is 245 cm³/mol. The lowest BCUT2D eigenvalue weighted by atomic mass is 9.97. The predicted octanol–water partition coefficient (Wildman–Crippen LogP) is 3.81. The zero-order valence-electron chi connectivity index (χ0n) is 38.6. The molecule has 0 unspecified atom stereocenters. The van der Waals surface area contributed by atoms with Crippen molar-refractivity contribution >= 4 is 41.4 Å². The summed E-state index contributed by atoms with van der Waals surface area (Å²) in [6, 6.07) is 21.1. The highest BCUT2D eigenvalue weighted by molar-refractivity contribution is 5.99. The fraction of sp³-hybridized carbons (Fsp3) is 0.500. The van der Waals surface area contributed by atoms with Gasteiger partial charge in [0.1, 0.15) is 41.8 Å². The van der Waals surface area contributed by atoms with Crippen LogP contribution in [0, 0.1) is 11.8 Å². The summed E-state index contributed by atoms with van der Waals surface area (Å²) in [5, 5.41) is 11.7. The van der Waals surface area contributed by atoms with E-state index in [4.69, 9.17) is 0 Å². The Kier molecular flexibility index (Phi) is 16.9. The number of likely N-dealkylation sites (N-methyl/N-ethyl adjacent to an activating group) is 2. The first kappa shape index (κ1) is 49.0. The van der Waals surface area contributed by atoms with E-state index >= 15 is 0 Å². The average Bonchev–Trinajstić information content (AvgIpc) is 3.76. The van der Waals surface area contributed by atoms with Crippen LogP contribution in [0.4, 0.5) is 0 Å². The summed E-state index contributed by atoms with van der Waals surface area (Å²) in [4.78, 5) is 106. The number of carbonyl (C=O) groups excluding carboxylic acids is 7. The Hall–Kier alpha value is -6.05. The number of rotatable bonds is 10. The summed E-state index contributed by atoms with van der Waals surface area (Å²) >= 11 is 0. The van der Waals surface area contributed by atoms with Crippen LogP contribution in [0.1, 0.15) is 83.9 Å². The number of carbonyl (C=O) groups is 7. The van der Waals surface area contributed by atoms with E-state index in [1.807, 2.05) is 119 Å². The third-order valence-corrected chi connectivity index (χ3v) is 12.1. The Morgan fingerprint density at radius 1 is 0.547 bits per heavy atom. The van der Waals surface area contributed by atoms with Gasteiger partial charge in [-0.3, -0.25) is 33.6 Å². The molecule has 6 atom stereocenters. The molecule has 0 aliphatic carbocycles. The van der Waals surface area contributed by atoms with Crippen molar-refractivity contribution in [2.24, 2.45) is 11.8 Å². The molecule has 0 radical (unpaired) electrons. The molecule has 3 aromatic carbocycles. The van der Waals surface area contributed by atoms with Gasteiger partial charge in [0, 0.05) is 39.9 Å². The Morgan fingerprint density at radius 2 is 1.03 bits per heavy atom. The lowest BCUT2D eigenvalue weighted by molar-refractivity contribution is -0.149. The van der Waals surface area contributed by atoms with Gasteiger partial charge in [0.25, 0.3) is 0 Å². The molecule has 4 N–H and O–H groups in total. The van der Waals surface area contributed by atoms with Crippen LogP contribution in [0.3, 0.4) is 0 Å². The van der Waals surface area contributed by atoms with E-state index in [1.165, 1.54) is 35.6 Å². The van der Waals surface area contributed by atoms with Crippen molar-refractivity contribution in [3.05, 3.63) is 108 Å². The molecule has 0 bridgehead atoms. The van der Waals surface area contributed by atoms with Gasteiger partial charge < -0.3 is 36.0 Å². The fourth-order valence-corrected chi connectivity index (χ4v) is 8.53. The highest BCUT2D eigenvalue weighted by Crippen LogP contribution is 2.25. The molecule has 2 heterocycles. The minimum absolute atomic E-state index is 0.0308. The highest BCUT2D eigenvalue weighted by atomic mass is 16.2. The SMILES string of the molecule is CC(C)C[C@@H]1NC(=O)[C@H](Cc2ccccc2)NC(=O)[C@H](Cc2ccccc2)N(C)C(=O)[C@H](Cc2ccccc2)NC(=O)C(C)(C)NC(=O)[C@H](CC(C)C)N(C)C(=O)[C@@H]2CCCN2C1=O. The van der Waals surface area contributed by atoms with Crippen LogP contribution in [-0.4, -0.2) is 118 Å². The van der Waals surface area contributed by atoms with Crippen molar-refractivity contribution in [3.8, 4) is 0 Å². The van der Waals surface area contributed by atoms with Gasteiger partial charge >= 0.3 is 0 Å². The van der Waals surface area contributed by atoms with Crippen LogP contribution in [-0.2, 0) is 52.8 Å². The zero-order chi connectivity index (χ0) is 46.7. The second kappa shape index (κ2) is 22.0. The number of hydrogen-bond donors (Lipinski definition) is 4. The summed E-state index contributed by atoms with van der Waals surface area (Å²) in [6.45, 7) is 11.1. The molecule has 2 fully saturated rings. The molecule has 7 amide bonds. The summed E-state index contributed by atoms with van der Waals surface area (Å²) in [5.74, 6) is -3.93. The molecule has 3 aromatic rings. The fourth-order valence-electron chi connectivity index (χ4n) is 8.53. The number of hydrogen-bond acceptors (Lipinski definition) is 7. The van der Waals surface area contributed by atoms with E-state index in [1.54, 1.807) is 7.05 Å². The second-order valence-electron chi connectivity index (χ2n) is 18.7. The van der Waals surface area contributed by atoms with E-state index in [9.17, 15) is 33.6 Å². The number of nitrogens with one attached hydrogen (secondary N) is 4. The van der Waals surface area contributed by atoms with Gasteiger partial charge in [-0.05, 0) is 68.1 Å². The Bertz CT molecular complexity index is 2100. The summed E-state index contributed by atoms with van der Waals surface area (Å²) in [7, 11) is 3.04. The largest absolute Gasteiger partial charge is 0.342 e. The van der Waals surface area contributed by atoms with Crippen molar-refractivity contribution < 1.29 is 33.6 Å². The first-order valence-electron chi connectivity index (χ1n) is 22.6. The maximum Gasteiger partial charge on any atom is 0.245 e. The number of benzene rings is 3. The Balaban J connectivity index is 1.64. The smallest absolute Gasteiger partial charge is 0.245 e. The molecule has 2 aliphatic heterocycles. The molecule has 5 rings (SSSR count). The van der Waals surface area contributed by atoms with Crippen LogP contribution < -0.4 is 21.3 Å². The summed E-state index contributed by atoms with van der Waals surface area (Å²) < 4.78 is 0. The number of nitrogens with zero attached hydrogens (tertiary/aromatic N) is 3. The molecule has 0 saturated carbocycles. The van der Waals surface area contributed by atoms with Crippen LogP contribution >= 0.6 is 0 Å². The summed E-state index contributed by atoms with van der Waals surface area (Å²) in [6.07, 6.45) is 1.65. The molecule has 0 spiro atoms. The summed E-state index contributed by atoms with van der Waals surface area (Å²) in [5.41, 5.74) is 0.682. The van der Waals surface area contributed by atoms with E-state index in [0.717, 1.165) is 16.7 Å².